The van der Waals surface area contributed by atoms with Crippen LogP contribution in [0, 0.1) is 0 Å². The normalized spacial score (nSPS) is 16.8. The highest BCUT2D eigenvalue weighted by molar-refractivity contribution is 5.65. The Kier molecular flexibility index (Phi) is 2.84. The lowest BCUT2D eigenvalue weighted by molar-refractivity contribution is 0.122. The Bertz CT molecular complexity index is 297. The number of hydrogen-bond donors (Lipinski definition) is 1. The van der Waals surface area contributed by atoms with E-state index < -0.39 is 0 Å². The number of pyridine rings is 1. The van der Waals surface area contributed by atoms with Crippen molar-refractivity contribution in [2.75, 3.05) is 43.6 Å². The maximum Gasteiger partial charge on any atom is 0.149 e. The molecule has 1 N–H and O–H groups in total. The monoisotopic (exact) mass is 193 g/mol. The van der Waals surface area contributed by atoms with Gasteiger partial charge < -0.3 is 15.0 Å². The van der Waals surface area contributed by atoms with Crippen molar-refractivity contribution < 1.29 is 4.74 Å². The largest absolute Gasteiger partial charge is 0.378 e. The fourth-order valence-corrected chi connectivity index (χ4v) is 1.65. The topological polar surface area (TPSA) is 37.4 Å². The molecule has 0 bridgehead atoms. The van der Waals surface area contributed by atoms with Crippen molar-refractivity contribution in [3.05, 3.63) is 18.3 Å². The van der Waals surface area contributed by atoms with Gasteiger partial charge in [0.25, 0.3) is 0 Å². The molecule has 0 amide bonds. The van der Waals surface area contributed by atoms with E-state index >= 15 is 0 Å². The molecule has 1 aromatic rings. The molecule has 0 radical (unpaired) electrons. The molecule has 4 heteroatoms. The Hall–Kier alpha value is -1.29. The molecule has 2 rings (SSSR count). The van der Waals surface area contributed by atoms with Gasteiger partial charge in [-0.25, -0.2) is 4.98 Å². The number of hydrogen-bond acceptors (Lipinski definition) is 4. The Morgan fingerprint density at radius 1 is 1.43 bits per heavy atom. The highest BCUT2D eigenvalue weighted by Crippen LogP contribution is 2.22. The number of rotatable bonds is 2. The SMILES string of the molecule is CNc1ncccc1N1CCOCC1. The predicted molar refractivity (Wildman–Crippen MR) is 56.8 cm³/mol. The zero-order valence-corrected chi connectivity index (χ0v) is 8.36. The fraction of sp³-hybridized carbons (Fsp3) is 0.500. The second-order valence-corrected chi connectivity index (χ2v) is 3.22. The number of morpholine rings is 1. The first-order chi connectivity index (χ1) is 6.92. The van der Waals surface area contributed by atoms with Gasteiger partial charge in [0.05, 0.1) is 18.9 Å². The number of nitrogens with one attached hydrogen (secondary N) is 1. The number of nitrogens with zero attached hydrogens (tertiary/aromatic N) is 2. The molecular formula is C10H15N3O. The van der Waals surface area contributed by atoms with E-state index in [-0.39, 0.29) is 0 Å². The van der Waals surface area contributed by atoms with E-state index in [1.807, 2.05) is 13.1 Å². The molecule has 1 aliphatic heterocycles. The van der Waals surface area contributed by atoms with Crippen LogP contribution in [-0.4, -0.2) is 38.3 Å². The maximum absolute atomic E-state index is 5.31. The third-order valence-electron chi connectivity index (χ3n) is 2.37. The summed E-state index contributed by atoms with van der Waals surface area (Å²) in [6, 6.07) is 4.05. The van der Waals surface area contributed by atoms with E-state index in [4.69, 9.17) is 4.74 Å². The second-order valence-electron chi connectivity index (χ2n) is 3.22. The molecule has 2 heterocycles. The van der Waals surface area contributed by atoms with Crippen LogP contribution in [0.25, 0.3) is 0 Å². The van der Waals surface area contributed by atoms with Crippen molar-refractivity contribution in [2.45, 2.75) is 0 Å². The van der Waals surface area contributed by atoms with Crippen molar-refractivity contribution in [3.63, 3.8) is 0 Å². The van der Waals surface area contributed by atoms with Crippen LogP contribution in [0.4, 0.5) is 11.5 Å². The van der Waals surface area contributed by atoms with Gasteiger partial charge in [-0.1, -0.05) is 0 Å². The van der Waals surface area contributed by atoms with Crippen LogP contribution in [0.1, 0.15) is 0 Å². The summed E-state index contributed by atoms with van der Waals surface area (Å²) in [4.78, 5) is 6.57. The summed E-state index contributed by atoms with van der Waals surface area (Å²) in [7, 11) is 1.90. The third-order valence-corrected chi connectivity index (χ3v) is 2.37. The summed E-state index contributed by atoms with van der Waals surface area (Å²) in [5.41, 5.74) is 1.17. The minimum absolute atomic E-state index is 0.804. The van der Waals surface area contributed by atoms with Crippen molar-refractivity contribution in [3.8, 4) is 0 Å². The van der Waals surface area contributed by atoms with Gasteiger partial charge in [-0.3, -0.25) is 0 Å². The van der Waals surface area contributed by atoms with E-state index in [0.717, 1.165) is 32.1 Å². The fourth-order valence-electron chi connectivity index (χ4n) is 1.65. The molecule has 0 atom stereocenters. The summed E-state index contributed by atoms with van der Waals surface area (Å²) in [6.45, 7) is 3.50. The van der Waals surface area contributed by atoms with Crippen LogP contribution in [0.15, 0.2) is 18.3 Å². The average Bonchev–Trinajstić information content (AvgIpc) is 2.30. The van der Waals surface area contributed by atoms with Crippen LogP contribution in [0.5, 0.6) is 0 Å². The van der Waals surface area contributed by atoms with Crippen LogP contribution in [-0.2, 0) is 4.74 Å². The molecule has 1 aromatic heterocycles. The molecule has 1 saturated heterocycles. The lowest BCUT2D eigenvalue weighted by atomic mass is 10.3. The summed E-state index contributed by atoms with van der Waals surface area (Å²) >= 11 is 0. The summed E-state index contributed by atoms with van der Waals surface area (Å²) in [5, 5.41) is 3.10. The number of aromatic nitrogens is 1. The highest BCUT2D eigenvalue weighted by Gasteiger charge is 2.14. The number of ether oxygens (including phenoxy) is 1. The summed E-state index contributed by atoms with van der Waals surface area (Å²) in [6.07, 6.45) is 1.80. The van der Waals surface area contributed by atoms with E-state index in [0.29, 0.717) is 0 Å². The van der Waals surface area contributed by atoms with Gasteiger partial charge in [-0.05, 0) is 12.1 Å². The van der Waals surface area contributed by atoms with Gasteiger partial charge in [-0.2, -0.15) is 0 Å². The first-order valence-corrected chi connectivity index (χ1v) is 4.87. The zero-order valence-electron chi connectivity index (χ0n) is 8.36. The maximum atomic E-state index is 5.31. The van der Waals surface area contributed by atoms with Gasteiger partial charge in [-0.15, -0.1) is 0 Å². The third kappa shape index (κ3) is 1.80. The second kappa shape index (κ2) is 4.28. The highest BCUT2D eigenvalue weighted by atomic mass is 16.5. The molecular weight excluding hydrogens is 178 g/mol. The molecule has 1 fully saturated rings. The molecule has 0 saturated carbocycles. The molecule has 0 spiro atoms. The average molecular weight is 193 g/mol. The van der Waals surface area contributed by atoms with Crippen molar-refractivity contribution in [1.29, 1.82) is 0 Å². The van der Waals surface area contributed by atoms with Crippen molar-refractivity contribution in [1.82, 2.24) is 4.98 Å². The standard InChI is InChI=1S/C10H15N3O/c1-11-10-9(3-2-4-12-10)13-5-7-14-8-6-13/h2-4H,5-8H2,1H3,(H,11,12). The Labute approximate surface area is 83.9 Å². The van der Waals surface area contributed by atoms with E-state index in [1.54, 1.807) is 6.20 Å². The molecule has 0 aliphatic carbocycles. The van der Waals surface area contributed by atoms with Gasteiger partial charge in [0.2, 0.25) is 0 Å². The van der Waals surface area contributed by atoms with Crippen LogP contribution in [0.3, 0.4) is 0 Å². The van der Waals surface area contributed by atoms with E-state index in [1.165, 1.54) is 5.69 Å². The summed E-state index contributed by atoms with van der Waals surface area (Å²) < 4.78 is 5.31. The molecule has 1 aliphatic rings. The van der Waals surface area contributed by atoms with Crippen LogP contribution in [0.2, 0.25) is 0 Å². The van der Waals surface area contributed by atoms with Gasteiger partial charge in [0, 0.05) is 26.3 Å². The van der Waals surface area contributed by atoms with Gasteiger partial charge in [0.1, 0.15) is 5.82 Å². The Morgan fingerprint density at radius 3 is 2.93 bits per heavy atom. The number of anilines is 2. The summed E-state index contributed by atoms with van der Waals surface area (Å²) in [5.74, 6) is 0.939. The van der Waals surface area contributed by atoms with Crippen LogP contribution >= 0.6 is 0 Å². The predicted octanol–water partition coefficient (Wildman–Crippen LogP) is 0.960. The lowest BCUT2D eigenvalue weighted by Gasteiger charge is -2.29. The molecule has 0 aromatic carbocycles. The first kappa shape index (κ1) is 9.27. The van der Waals surface area contributed by atoms with Crippen molar-refractivity contribution in [2.24, 2.45) is 0 Å². The lowest BCUT2D eigenvalue weighted by Crippen LogP contribution is -2.36. The Morgan fingerprint density at radius 2 is 2.21 bits per heavy atom. The smallest absolute Gasteiger partial charge is 0.149 e. The van der Waals surface area contributed by atoms with Crippen molar-refractivity contribution >= 4 is 11.5 Å². The minimum atomic E-state index is 0.804. The van der Waals surface area contributed by atoms with Gasteiger partial charge in [0.15, 0.2) is 0 Å². The van der Waals surface area contributed by atoms with E-state index in [2.05, 4.69) is 21.3 Å². The zero-order chi connectivity index (χ0) is 9.80. The first-order valence-electron chi connectivity index (χ1n) is 4.87. The quantitative estimate of drug-likeness (QED) is 0.759. The Balaban J connectivity index is 2.20. The molecule has 76 valence electrons. The van der Waals surface area contributed by atoms with E-state index in [9.17, 15) is 0 Å². The van der Waals surface area contributed by atoms with Gasteiger partial charge >= 0.3 is 0 Å². The molecule has 4 nitrogen and oxygen atoms in total. The minimum Gasteiger partial charge on any atom is -0.378 e. The molecule has 0 unspecified atom stereocenters. The molecule has 14 heavy (non-hydrogen) atoms. The van der Waals surface area contributed by atoms with Crippen LogP contribution < -0.4 is 10.2 Å².